The number of nitrogens with zero attached hydrogens (tertiary/aromatic N) is 1. The second kappa shape index (κ2) is 16.9. The molecule has 0 aliphatic carbocycles. The molecule has 50 heavy (non-hydrogen) atoms. The first-order chi connectivity index (χ1) is 24.3. The Hall–Kier alpha value is -3.90. The molecule has 4 atom stereocenters. The third kappa shape index (κ3) is 9.66. The molecule has 6 rings (SSSR count). The molecule has 0 aromatic heterocycles. The van der Waals surface area contributed by atoms with Gasteiger partial charge in [-0.1, -0.05) is 103 Å². The summed E-state index contributed by atoms with van der Waals surface area (Å²) in [6.07, 6.45) is 3.93. The van der Waals surface area contributed by atoms with E-state index in [1.165, 1.54) is 19.3 Å². The number of ether oxygens (including phenoxy) is 2. The molecule has 3 N–H and O–H groups in total. The molecule has 10 heteroatoms. The lowest BCUT2D eigenvalue weighted by atomic mass is 9.99. The fourth-order valence-corrected chi connectivity index (χ4v) is 7.77. The second-order valence-corrected chi connectivity index (χ2v) is 15.1. The number of hydrogen-bond donors (Lipinski definition) is 3. The monoisotopic (exact) mass is 697 g/mol. The Kier molecular flexibility index (Phi) is 12.1. The van der Waals surface area contributed by atoms with Crippen LogP contribution in [0.5, 0.6) is 0 Å². The largest absolute Gasteiger partial charge is 0.392 e. The van der Waals surface area contributed by atoms with Crippen molar-refractivity contribution in [3.63, 3.8) is 0 Å². The maximum absolute atomic E-state index is 13.5. The highest BCUT2D eigenvalue weighted by atomic mass is 32.2. The number of nitrogens with one attached hydrogen (secondary N) is 2. The molecular weight excluding hydrogens is 651 g/mol. The molecule has 4 aromatic rings. The molecule has 0 saturated carbocycles. The number of aryl methyl sites for hydroxylation is 1. The Morgan fingerprint density at radius 1 is 0.820 bits per heavy atom. The van der Waals surface area contributed by atoms with Crippen LogP contribution in [0.25, 0.3) is 0 Å². The number of likely N-dealkylation sites (tertiary alicyclic amines) is 1. The van der Waals surface area contributed by atoms with Crippen LogP contribution in [0.1, 0.15) is 71.5 Å². The third-order valence-corrected chi connectivity index (χ3v) is 11.0. The average molecular weight is 698 g/mol. The number of amides is 1. The van der Waals surface area contributed by atoms with Crippen LogP contribution in [0.15, 0.2) is 108 Å². The van der Waals surface area contributed by atoms with Gasteiger partial charge in [0.25, 0.3) is 0 Å². The van der Waals surface area contributed by atoms with E-state index < -0.39 is 28.3 Å². The van der Waals surface area contributed by atoms with Gasteiger partial charge in [-0.2, -0.15) is 4.72 Å². The maximum Gasteiger partial charge on any atom is 0.241 e. The molecule has 4 aromatic carbocycles. The normalized spacial score (nSPS) is 20.6. The third-order valence-electron chi connectivity index (χ3n) is 9.47. The predicted octanol–water partition coefficient (Wildman–Crippen LogP) is 5.72. The first-order valence-electron chi connectivity index (χ1n) is 17.5. The minimum absolute atomic E-state index is 0.00132. The molecular formula is C40H47N3O6S. The zero-order valence-corrected chi connectivity index (χ0v) is 29.4. The summed E-state index contributed by atoms with van der Waals surface area (Å²) in [6, 6.07) is 30.6. The van der Waals surface area contributed by atoms with E-state index >= 15 is 0 Å². The van der Waals surface area contributed by atoms with Crippen LogP contribution < -0.4 is 10.0 Å². The van der Waals surface area contributed by atoms with Crippen molar-refractivity contribution in [3.8, 4) is 0 Å². The van der Waals surface area contributed by atoms with Gasteiger partial charge in [-0.25, -0.2) is 8.42 Å². The molecule has 2 aliphatic heterocycles. The van der Waals surface area contributed by atoms with E-state index in [0.29, 0.717) is 0 Å². The van der Waals surface area contributed by atoms with Gasteiger partial charge in [-0.15, -0.1) is 0 Å². The number of sulfonamides is 1. The molecule has 2 saturated heterocycles. The van der Waals surface area contributed by atoms with Crippen molar-refractivity contribution < 1.29 is 27.8 Å². The van der Waals surface area contributed by atoms with E-state index in [0.717, 1.165) is 59.4 Å². The molecule has 2 fully saturated rings. The standard InChI is InChI=1S/C40H47N3O6S/c1-29-10-20-36(21-11-29)50(46,47)42-37(24-30-8-4-2-5-9-30)39(45)41-26-31-12-18-34(19-13-31)40-48-35(27-43-22-6-3-7-23-43)25-38(49-40)33-16-14-32(28-44)15-17-33/h2,4-5,8-21,35,37-38,40,42,44H,3,6-7,22-28H2,1H3,(H,41,45). The lowest BCUT2D eigenvalue weighted by molar-refractivity contribution is -0.253. The summed E-state index contributed by atoms with van der Waals surface area (Å²) in [4.78, 5) is 16.1. The quantitative estimate of drug-likeness (QED) is 0.164. The van der Waals surface area contributed by atoms with Crippen LogP contribution in [0.4, 0.5) is 0 Å². The first-order valence-corrected chi connectivity index (χ1v) is 19.0. The van der Waals surface area contributed by atoms with Crippen LogP contribution in [0.3, 0.4) is 0 Å². The van der Waals surface area contributed by atoms with Crippen molar-refractivity contribution in [3.05, 3.63) is 137 Å². The van der Waals surface area contributed by atoms with E-state index in [1.54, 1.807) is 24.3 Å². The summed E-state index contributed by atoms with van der Waals surface area (Å²) in [7, 11) is -3.94. The van der Waals surface area contributed by atoms with Crippen molar-refractivity contribution in [2.75, 3.05) is 19.6 Å². The van der Waals surface area contributed by atoms with Crippen LogP contribution in [-0.2, 0) is 43.9 Å². The average Bonchev–Trinajstić information content (AvgIpc) is 3.14. The summed E-state index contributed by atoms with van der Waals surface area (Å²) in [5, 5.41) is 12.5. The van der Waals surface area contributed by atoms with Gasteiger partial charge < -0.3 is 24.8 Å². The smallest absolute Gasteiger partial charge is 0.241 e. The summed E-state index contributed by atoms with van der Waals surface area (Å²) in [5.74, 6) is -0.414. The SMILES string of the molecule is Cc1ccc(S(=O)(=O)NC(Cc2ccccc2)C(=O)NCc2ccc(C3OC(CN4CCCCC4)CC(c4ccc(CO)cc4)O3)cc2)cc1. The zero-order valence-electron chi connectivity index (χ0n) is 28.5. The Labute approximate surface area is 295 Å². The van der Waals surface area contributed by atoms with Crippen molar-refractivity contribution in [2.24, 2.45) is 0 Å². The Bertz CT molecular complexity index is 1780. The number of rotatable bonds is 13. The van der Waals surface area contributed by atoms with Crippen LogP contribution in [0, 0.1) is 6.92 Å². The van der Waals surface area contributed by atoms with Crippen molar-refractivity contribution in [2.45, 2.75) is 81.6 Å². The molecule has 9 nitrogen and oxygen atoms in total. The summed E-state index contributed by atoms with van der Waals surface area (Å²) >= 11 is 0. The lowest BCUT2D eigenvalue weighted by Gasteiger charge is -2.39. The van der Waals surface area contributed by atoms with Gasteiger partial charge in [0.1, 0.15) is 6.04 Å². The Morgan fingerprint density at radius 3 is 2.16 bits per heavy atom. The summed E-state index contributed by atoms with van der Waals surface area (Å²) < 4.78 is 42.2. The number of aliphatic hydroxyl groups excluding tert-OH is 1. The van der Waals surface area contributed by atoms with Gasteiger partial charge in [0, 0.05) is 25.1 Å². The summed E-state index contributed by atoms with van der Waals surface area (Å²) in [5.41, 5.74) is 5.45. The number of piperidine rings is 1. The van der Waals surface area contributed by atoms with E-state index in [-0.39, 0.29) is 36.7 Å². The number of hydrogen-bond acceptors (Lipinski definition) is 7. The zero-order chi connectivity index (χ0) is 34.9. The number of carbonyl (C=O) groups is 1. The van der Waals surface area contributed by atoms with Gasteiger partial charge in [-0.05, 0) is 73.7 Å². The maximum atomic E-state index is 13.5. The van der Waals surface area contributed by atoms with Gasteiger partial charge in [-0.3, -0.25) is 4.79 Å². The minimum Gasteiger partial charge on any atom is -0.392 e. The first kappa shape index (κ1) is 35.9. The molecule has 1 amide bonds. The van der Waals surface area contributed by atoms with Gasteiger partial charge >= 0.3 is 0 Å². The van der Waals surface area contributed by atoms with E-state index in [9.17, 15) is 18.3 Å². The highest BCUT2D eigenvalue weighted by Gasteiger charge is 2.33. The summed E-state index contributed by atoms with van der Waals surface area (Å²) in [6.45, 7) is 5.13. The minimum atomic E-state index is -3.94. The second-order valence-electron chi connectivity index (χ2n) is 13.3. The number of aliphatic hydroxyl groups is 1. The Balaban J connectivity index is 1.13. The Morgan fingerprint density at radius 2 is 1.48 bits per heavy atom. The highest BCUT2D eigenvalue weighted by Crippen LogP contribution is 2.38. The van der Waals surface area contributed by atoms with E-state index in [1.807, 2.05) is 85.8 Å². The molecule has 2 aliphatic rings. The molecule has 2 heterocycles. The van der Waals surface area contributed by atoms with E-state index in [2.05, 4.69) is 14.9 Å². The topological polar surface area (TPSA) is 117 Å². The van der Waals surface area contributed by atoms with Gasteiger partial charge in [0.2, 0.25) is 15.9 Å². The van der Waals surface area contributed by atoms with Crippen LogP contribution in [0.2, 0.25) is 0 Å². The van der Waals surface area contributed by atoms with Crippen molar-refractivity contribution in [1.29, 1.82) is 0 Å². The lowest BCUT2D eigenvalue weighted by Crippen LogP contribution is -2.47. The number of carbonyl (C=O) groups excluding carboxylic acids is 1. The van der Waals surface area contributed by atoms with E-state index in [4.69, 9.17) is 9.47 Å². The van der Waals surface area contributed by atoms with Crippen LogP contribution in [-0.4, -0.2) is 56.1 Å². The predicted molar refractivity (Wildman–Crippen MR) is 192 cm³/mol. The van der Waals surface area contributed by atoms with Crippen LogP contribution >= 0.6 is 0 Å². The highest BCUT2D eigenvalue weighted by molar-refractivity contribution is 7.89. The van der Waals surface area contributed by atoms with Gasteiger partial charge in [0.15, 0.2) is 6.29 Å². The van der Waals surface area contributed by atoms with Crippen molar-refractivity contribution >= 4 is 15.9 Å². The molecule has 4 unspecified atom stereocenters. The molecule has 0 radical (unpaired) electrons. The fraction of sp³-hybridized carbons (Fsp3) is 0.375. The van der Waals surface area contributed by atoms with Gasteiger partial charge in [0.05, 0.1) is 23.7 Å². The fourth-order valence-electron chi connectivity index (χ4n) is 6.58. The molecule has 0 spiro atoms. The molecule has 264 valence electrons. The number of benzene rings is 4. The molecule has 0 bridgehead atoms. The van der Waals surface area contributed by atoms with Crippen molar-refractivity contribution in [1.82, 2.24) is 14.9 Å².